The number of hydrogen-bond acceptors (Lipinski definition) is 2. The summed E-state index contributed by atoms with van der Waals surface area (Å²) in [6.45, 7) is 8.39. The predicted octanol–water partition coefficient (Wildman–Crippen LogP) is 7.01. The molecular weight excluding hydrogens is 389 g/mol. The largest absolute Gasteiger partial charge is 0.309 e. The van der Waals surface area contributed by atoms with Crippen molar-refractivity contribution >= 4 is 23.7 Å². The van der Waals surface area contributed by atoms with Crippen LogP contribution < -0.4 is 5.32 Å². The average molecular weight is 420 g/mol. The van der Waals surface area contributed by atoms with Gasteiger partial charge in [0.25, 0.3) is 0 Å². The van der Waals surface area contributed by atoms with Crippen LogP contribution in [0.25, 0.3) is 11.1 Å². The monoisotopic (exact) mass is 419 g/mol. The molecule has 1 aromatic heterocycles. The van der Waals surface area contributed by atoms with Gasteiger partial charge in [0.05, 0.1) is 0 Å². The van der Waals surface area contributed by atoms with E-state index in [-0.39, 0.29) is 18.2 Å². The molecule has 6 rings (SSSR count). The second-order valence-corrected chi connectivity index (χ2v) is 10.7. The maximum absolute atomic E-state index is 13.3. The highest BCUT2D eigenvalue weighted by atomic mass is 35.5. The van der Waals surface area contributed by atoms with Gasteiger partial charge < -0.3 is 5.32 Å². The zero-order chi connectivity index (χ0) is 18.8. The maximum atomic E-state index is 13.3. The summed E-state index contributed by atoms with van der Waals surface area (Å²) in [5, 5.41) is 6.23. The van der Waals surface area contributed by atoms with Crippen LogP contribution in [0.5, 0.6) is 0 Å². The van der Waals surface area contributed by atoms with E-state index in [0.717, 1.165) is 29.9 Å². The van der Waals surface area contributed by atoms with E-state index in [1.54, 1.807) is 12.1 Å². The van der Waals surface area contributed by atoms with E-state index in [1.807, 2.05) is 23.5 Å². The molecule has 4 heteroatoms. The molecule has 1 nitrogen and oxygen atoms in total. The maximum Gasteiger partial charge on any atom is 0.123 e. The molecule has 4 aliphatic rings. The summed E-state index contributed by atoms with van der Waals surface area (Å²) in [4.78, 5) is 1.50. The highest BCUT2D eigenvalue weighted by Crippen LogP contribution is 2.61. The van der Waals surface area contributed by atoms with Gasteiger partial charge in [-0.3, -0.25) is 0 Å². The molecule has 1 aromatic carbocycles. The summed E-state index contributed by atoms with van der Waals surface area (Å²) in [7, 11) is 0. The molecular formula is C24H31ClFNS. The Bertz CT molecular complexity index is 839. The fraction of sp³-hybridized carbons (Fsp3) is 0.583. The number of benzene rings is 1. The Hall–Kier alpha value is -0.900. The van der Waals surface area contributed by atoms with Crippen LogP contribution in [0, 0.1) is 29.0 Å². The Kier molecular flexibility index (Phi) is 5.39. The highest BCUT2D eigenvalue weighted by Gasteiger charge is 2.56. The lowest BCUT2D eigenvalue weighted by molar-refractivity contribution is -0.115. The van der Waals surface area contributed by atoms with E-state index in [1.165, 1.54) is 41.7 Å². The van der Waals surface area contributed by atoms with E-state index in [4.69, 9.17) is 0 Å². The second kappa shape index (κ2) is 7.41. The lowest BCUT2D eigenvalue weighted by Gasteiger charge is -2.62. The van der Waals surface area contributed by atoms with E-state index < -0.39 is 0 Å². The van der Waals surface area contributed by atoms with Crippen LogP contribution in [0.15, 0.2) is 29.6 Å². The van der Waals surface area contributed by atoms with Gasteiger partial charge in [-0.15, -0.1) is 23.7 Å². The minimum absolute atomic E-state index is 0. The molecule has 152 valence electrons. The van der Waals surface area contributed by atoms with Crippen molar-refractivity contribution in [3.8, 4) is 11.1 Å². The molecule has 4 saturated carbocycles. The van der Waals surface area contributed by atoms with Gasteiger partial charge in [0.15, 0.2) is 0 Å². The molecule has 0 aliphatic heterocycles. The standard InChI is InChI=1S/C24H30FNS.ClH/c1-14-20-10-17(24(20,2)3)11-21(14)26-12-22-23(16-4-5-16)19(13-27-22)15-6-8-18(25)9-7-15;/h6-9,13-14,16-17,20-21,26H,4-5,10-12H2,1-3H3;1H/t14-,17+,20-,21-;/m1./s1. The third-order valence-corrected chi connectivity index (χ3v) is 8.93. The average Bonchev–Trinajstić information content (AvgIpc) is 3.40. The number of rotatable bonds is 5. The number of nitrogens with one attached hydrogen (secondary N) is 1. The molecule has 0 spiro atoms. The predicted molar refractivity (Wildman–Crippen MR) is 119 cm³/mol. The van der Waals surface area contributed by atoms with Crippen LogP contribution in [-0.2, 0) is 6.54 Å². The Balaban J connectivity index is 0.00000192. The molecule has 0 amide bonds. The third kappa shape index (κ3) is 3.34. The quantitative estimate of drug-likeness (QED) is 0.549. The van der Waals surface area contributed by atoms with E-state index in [0.29, 0.717) is 17.4 Å². The first-order valence-corrected chi connectivity index (χ1v) is 11.4. The number of fused-ring (bicyclic) bond motifs is 2. The molecule has 1 heterocycles. The zero-order valence-electron chi connectivity index (χ0n) is 17.0. The first-order valence-electron chi connectivity index (χ1n) is 10.5. The van der Waals surface area contributed by atoms with Gasteiger partial charge in [-0.2, -0.15) is 0 Å². The van der Waals surface area contributed by atoms with Crippen molar-refractivity contribution in [3.05, 3.63) is 45.9 Å². The first kappa shape index (κ1) is 20.4. The van der Waals surface area contributed by atoms with Crippen molar-refractivity contribution < 1.29 is 4.39 Å². The van der Waals surface area contributed by atoms with Crippen molar-refractivity contribution in [2.75, 3.05) is 0 Å². The van der Waals surface area contributed by atoms with Gasteiger partial charge in [-0.1, -0.05) is 32.9 Å². The molecule has 4 aliphatic carbocycles. The molecule has 28 heavy (non-hydrogen) atoms. The third-order valence-electron chi connectivity index (χ3n) is 7.93. The van der Waals surface area contributed by atoms with Crippen LogP contribution in [-0.4, -0.2) is 6.04 Å². The molecule has 4 atom stereocenters. The molecule has 1 N–H and O–H groups in total. The molecule has 4 fully saturated rings. The number of halogens is 2. The summed E-state index contributed by atoms with van der Waals surface area (Å²) in [5.74, 6) is 3.11. The molecule has 2 aromatic rings. The van der Waals surface area contributed by atoms with E-state index in [2.05, 4.69) is 31.5 Å². The van der Waals surface area contributed by atoms with Crippen LogP contribution in [0.4, 0.5) is 4.39 Å². The van der Waals surface area contributed by atoms with Gasteiger partial charge >= 0.3 is 0 Å². The Morgan fingerprint density at radius 2 is 1.86 bits per heavy atom. The topological polar surface area (TPSA) is 12.0 Å². The second-order valence-electron chi connectivity index (χ2n) is 9.71. The summed E-state index contributed by atoms with van der Waals surface area (Å²) in [5.41, 5.74) is 4.58. The smallest absolute Gasteiger partial charge is 0.123 e. The lowest BCUT2D eigenvalue weighted by atomic mass is 9.45. The highest BCUT2D eigenvalue weighted by molar-refractivity contribution is 7.10. The summed E-state index contributed by atoms with van der Waals surface area (Å²) in [6.07, 6.45) is 5.37. The van der Waals surface area contributed by atoms with Crippen LogP contribution >= 0.6 is 23.7 Å². The van der Waals surface area contributed by atoms with Gasteiger partial charge in [-0.05, 0) is 89.0 Å². The lowest BCUT2D eigenvalue weighted by Crippen LogP contribution is -2.59. The SMILES string of the molecule is C[C@@H]1[C@H]2C[C@@H](C[C@H]1NCc1scc(-c3ccc(F)cc3)c1C1CC1)C2(C)C.Cl. The van der Waals surface area contributed by atoms with Crippen molar-refractivity contribution in [2.24, 2.45) is 23.2 Å². The van der Waals surface area contributed by atoms with E-state index >= 15 is 0 Å². The Labute approximate surface area is 178 Å². The Morgan fingerprint density at radius 1 is 1.14 bits per heavy atom. The molecule has 2 bridgehead atoms. The van der Waals surface area contributed by atoms with Gasteiger partial charge in [-0.25, -0.2) is 4.39 Å². The van der Waals surface area contributed by atoms with Crippen LogP contribution in [0.2, 0.25) is 0 Å². The summed E-state index contributed by atoms with van der Waals surface area (Å²) >= 11 is 1.89. The van der Waals surface area contributed by atoms with E-state index in [9.17, 15) is 4.39 Å². The number of hydrogen-bond donors (Lipinski definition) is 1. The van der Waals surface area contributed by atoms with Crippen LogP contribution in [0.1, 0.15) is 62.8 Å². The fourth-order valence-electron chi connectivity index (χ4n) is 5.86. The Morgan fingerprint density at radius 3 is 2.46 bits per heavy atom. The normalized spacial score (nSPS) is 30.4. The minimum atomic E-state index is -0.156. The van der Waals surface area contributed by atoms with Crippen molar-refractivity contribution in [1.29, 1.82) is 0 Å². The van der Waals surface area contributed by atoms with Crippen molar-refractivity contribution in [3.63, 3.8) is 0 Å². The fourth-order valence-corrected chi connectivity index (χ4v) is 6.95. The van der Waals surface area contributed by atoms with Gasteiger partial charge in [0.2, 0.25) is 0 Å². The van der Waals surface area contributed by atoms with Gasteiger partial charge in [0.1, 0.15) is 5.82 Å². The van der Waals surface area contributed by atoms with Crippen LogP contribution in [0.3, 0.4) is 0 Å². The van der Waals surface area contributed by atoms with Crippen molar-refractivity contribution in [2.45, 2.75) is 65.0 Å². The minimum Gasteiger partial charge on any atom is -0.309 e. The summed E-state index contributed by atoms with van der Waals surface area (Å²) < 4.78 is 13.3. The van der Waals surface area contributed by atoms with Crippen molar-refractivity contribution in [1.82, 2.24) is 5.32 Å². The summed E-state index contributed by atoms with van der Waals surface area (Å²) in [6, 6.07) is 7.68. The molecule has 0 radical (unpaired) electrons. The number of thiophene rings is 1. The molecule has 0 unspecified atom stereocenters. The van der Waals surface area contributed by atoms with Gasteiger partial charge in [0, 0.05) is 17.5 Å². The zero-order valence-corrected chi connectivity index (χ0v) is 18.6. The first-order chi connectivity index (χ1) is 12.9. The molecule has 0 saturated heterocycles.